The fourth-order valence-electron chi connectivity index (χ4n) is 1.27. The lowest BCUT2D eigenvalue weighted by Crippen LogP contribution is -2.11. The molecule has 1 aromatic rings. The van der Waals surface area contributed by atoms with Crippen LogP contribution in [0.3, 0.4) is 0 Å². The van der Waals surface area contributed by atoms with E-state index in [0.717, 1.165) is 17.7 Å². The van der Waals surface area contributed by atoms with Crippen molar-refractivity contribution in [3.05, 3.63) is 35.9 Å². The molecule has 1 aromatic carbocycles. The number of nitrogens with one attached hydrogen (secondary N) is 1. The predicted octanol–water partition coefficient (Wildman–Crippen LogP) is 3.90. The van der Waals surface area contributed by atoms with Crippen molar-refractivity contribution in [2.24, 2.45) is 0 Å². The molecular weight excluding hydrogens is 257 g/mol. The van der Waals surface area contributed by atoms with Gasteiger partial charge in [-0.2, -0.15) is 0 Å². The predicted molar refractivity (Wildman–Crippen MR) is 74.8 cm³/mol. The molecule has 0 heterocycles. The summed E-state index contributed by atoms with van der Waals surface area (Å²) in [6.07, 6.45) is 5.22. The number of amides is 1. The number of alkyl halides is 2. The summed E-state index contributed by atoms with van der Waals surface area (Å²) in [5.74, 6) is 0.902. The Labute approximate surface area is 112 Å². The number of benzene rings is 1. The van der Waals surface area contributed by atoms with E-state index < -0.39 is 0 Å². The van der Waals surface area contributed by atoms with E-state index in [1.54, 1.807) is 0 Å². The first-order chi connectivity index (χ1) is 8.26. The Kier molecular flexibility index (Phi) is 6.75. The molecule has 0 atom stereocenters. The average Bonchev–Trinajstić information content (AvgIpc) is 2.32. The molecule has 0 aliphatic carbocycles. The molecule has 0 fully saturated rings. The van der Waals surface area contributed by atoms with Crippen LogP contribution in [0.15, 0.2) is 30.3 Å². The molecule has 0 bridgehead atoms. The molecule has 1 N–H and O–H groups in total. The fraction of sp³-hybridized carbons (Fsp3) is 0.308. The molecule has 0 spiro atoms. The van der Waals surface area contributed by atoms with Crippen molar-refractivity contribution in [3.63, 3.8) is 0 Å². The monoisotopic (exact) mass is 271 g/mol. The topological polar surface area (TPSA) is 29.1 Å². The Balaban J connectivity index is 2.52. The van der Waals surface area contributed by atoms with Gasteiger partial charge in [0.15, 0.2) is 0 Å². The van der Waals surface area contributed by atoms with Gasteiger partial charge in [-0.05, 0) is 24.1 Å². The fourth-order valence-corrected chi connectivity index (χ4v) is 1.57. The van der Waals surface area contributed by atoms with Gasteiger partial charge in [0.25, 0.3) is 0 Å². The van der Waals surface area contributed by atoms with E-state index in [1.807, 2.05) is 36.4 Å². The number of hydrogen-bond acceptors (Lipinski definition) is 1. The average molecular weight is 272 g/mol. The molecule has 0 aliphatic heterocycles. The largest absolute Gasteiger partial charge is 0.326 e. The zero-order valence-corrected chi connectivity index (χ0v) is 11.0. The quantitative estimate of drug-likeness (QED) is 0.782. The molecule has 92 valence electrons. The third-order valence-electron chi connectivity index (χ3n) is 2.10. The lowest BCUT2D eigenvalue weighted by atomic mass is 10.2. The zero-order chi connectivity index (χ0) is 12.5. The molecule has 0 unspecified atom stereocenters. The highest BCUT2D eigenvalue weighted by molar-refractivity contribution is 6.19. The first kappa shape index (κ1) is 14.1. The minimum Gasteiger partial charge on any atom is -0.326 e. The molecule has 2 nitrogen and oxygen atoms in total. The van der Waals surface area contributed by atoms with Crippen LogP contribution in [-0.4, -0.2) is 17.7 Å². The van der Waals surface area contributed by atoms with Crippen LogP contribution in [0.2, 0.25) is 0 Å². The van der Waals surface area contributed by atoms with E-state index in [0.29, 0.717) is 18.2 Å². The van der Waals surface area contributed by atoms with Crippen molar-refractivity contribution < 1.29 is 4.79 Å². The summed E-state index contributed by atoms with van der Waals surface area (Å²) in [4.78, 5) is 11.3. The van der Waals surface area contributed by atoms with Gasteiger partial charge >= 0.3 is 0 Å². The maximum absolute atomic E-state index is 11.3. The second-order valence-corrected chi connectivity index (χ2v) is 4.25. The van der Waals surface area contributed by atoms with Crippen molar-refractivity contribution in [2.45, 2.75) is 12.8 Å². The highest BCUT2D eigenvalue weighted by Gasteiger charge is 2.00. The Morgan fingerprint density at radius 3 is 2.47 bits per heavy atom. The first-order valence-corrected chi connectivity index (χ1v) is 6.51. The zero-order valence-electron chi connectivity index (χ0n) is 9.46. The number of anilines is 1. The Morgan fingerprint density at radius 2 is 1.88 bits per heavy atom. The highest BCUT2D eigenvalue weighted by Crippen LogP contribution is 2.11. The second kappa shape index (κ2) is 8.15. The summed E-state index contributed by atoms with van der Waals surface area (Å²) in [7, 11) is 0. The Bertz CT molecular complexity index is 374. The molecule has 17 heavy (non-hydrogen) atoms. The molecule has 0 aliphatic rings. The van der Waals surface area contributed by atoms with Crippen molar-refractivity contribution in [1.82, 2.24) is 0 Å². The van der Waals surface area contributed by atoms with E-state index in [2.05, 4.69) is 5.32 Å². The molecule has 0 radical (unpaired) electrons. The maximum atomic E-state index is 11.3. The van der Waals surface area contributed by atoms with Crippen molar-refractivity contribution >= 4 is 40.9 Å². The third-order valence-corrected chi connectivity index (χ3v) is 2.51. The third kappa shape index (κ3) is 5.76. The molecule has 1 amide bonds. The Morgan fingerprint density at radius 1 is 1.18 bits per heavy atom. The standard InChI is InChI=1S/C13H15Cl2NO/c14-9-2-1-3-11-4-6-12(7-5-11)16-13(17)8-10-15/h1,3-7H,2,8-10H2,(H,16,17). The van der Waals surface area contributed by atoms with Crippen LogP contribution in [0.4, 0.5) is 5.69 Å². The van der Waals surface area contributed by atoms with E-state index in [1.165, 1.54) is 0 Å². The SMILES string of the molecule is O=C(CCCl)Nc1ccc(C=CCCCl)cc1. The summed E-state index contributed by atoms with van der Waals surface area (Å²) in [6.45, 7) is 0. The van der Waals surface area contributed by atoms with Gasteiger partial charge in [-0.25, -0.2) is 0 Å². The van der Waals surface area contributed by atoms with Crippen molar-refractivity contribution in [3.8, 4) is 0 Å². The van der Waals surface area contributed by atoms with Crippen LogP contribution in [0.1, 0.15) is 18.4 Å². The van der Waals surface area contributed by atoms with Crippen LogP contribution in [0.25, 0.3) is 6.08 Å². The van der Waals surface area contributed by atoms with Gasteiger partial charge in [0, 0.05) is 23.9 Å². The molecule has 1 rings (SSSR count). The van der Waals surface area contributed by atoms with E-state index >= 15 is 0 Å². The minimum absolute atomic E-state index is 0.0644. The van der Waals surface area contributed by atoms with Crippen LogP contribution in [0.5, 0.6) is 0 Å². The van der Waals surface area contributed by atoms with Crippen LogP contribution in [0, 0.1) is 0 Å². The second-order valence-electron chi connectivity index (χ2n) is 3.49. The summed E-state index contributed by atoms with van der Waals surface area (Å²) >= 11 is 11.0. The van der Waals surface area contributed by atoms with Gasteiger partial charge < -0.3 is 5.32 Å². The van der Waals surface area contributed by atoms with E-state index in [-0.39, 0.29) is 5.91 Å². The van der Waals surface area contributed by atoms with Gasteiger partial charge in [-0.3, -0.25) is 4.79 Å². The summed E-state index contributed by atoms with van der Waals surface area (Å²) < 4.78 is 0. The number of rotatable bonds is 6. The maximum Gasteiger partial charge on any atom is 0.225 e. The molecule has 0 saturated carbocycles. The summed E-state index contributed by atoms with van der Waals surface area (Å²) in [6, 6.07) is 7.63. The Hall–Kier alpha value is -0.990. The normalized spacial score (nSPS) is 10.7. The van der Waals surface area contributed by atoms with Gasteiger partial charge in [-0.15, -0.1) is 23.2 Å². The number of carbonyl (C=O) groups excluding carboxylic acids is 1. The minimum atomic E-state index is -0.0644. The molecule has 0 saturated heterocycles. The van der Waals surface area contributed by atoms with E-state index in [9.17, 15) is 4.79 Å². The van der Waals surface area contributed by atoms with Crippen molar-refractivity contribution in [1.29, 1.82) is 0 Å². The molecular formula is C13H15Cl2NO. The number of carbonyl (C=O) groups is 1. The van der Waals surface area contributed by atoms with Gasteiger partial charge in [0.05, 0.1) is 0 Å². The van der Waals surface area contributed by atoms with Crippen LogP contribution < -0.4 is 5.32 Å². The van der Waals surface area contributed by atoms with Gasteiger partial charge in [0.1, 0.15) is 0 Å². The lowest BCUT2D eigenvalue weighted by Gasteiger charge is -2.03. The number of hydrogen-bond donors (Lipinski definition) is 1. The molecule has 0 aromatic heterocycles. The summed E-state index contributed by atoms with van der Waals surface area (Å²) in [5, 5.41) is 2.77. The lowest BCUT2D eigenvalue weighted by molar-refractivity contribution is -0.115. The van der Waals surface area contributed by atoms with Crippen molar-refractivity contribution in [2.75, 3.05) is 17.1 Å². The number of halogens is 2. The highest BCUT2D eigenvalue weighted by atomic mass is 35.5. The van der Waals surface area contributed by atoms with Gasteiger partial charge in [-0.1, -0.05) is 24.3 Å². The van der Waals surface area contributed by atoms with E-state index in [4.69, 9.17) is 23.2 Å². The smallest absolute Gasteiger partial charge is 0.225 e. The van der Waals surface area contributed by atoms with Gasteiger partial charge in [0.2, 0.25) is 5.91 Å². The van der Waals surface area contributed by atoms with Crippen LogP contribution in [-0.2, 0) is 4.79 Å². The summed E-state index contributed by atoms with van der Waals surface area (Å²) in [5.41, 5.74) is 1.88. The number of allylic oxidation sites excluding steroid dienone is 1. The first-order valence-electron chi connectivity index (χ1n) is 5.44. The molecule has 4 heteroatoms. The van der Waals surface area contributed by atoms with Crippen LogP contribution >= 0.6 is 23.2 Å².